The van der Waals surface area contributed by atoms with Gasteiger partial charge < -0.3 is 33.9 Å². The molecule has 5 atom stereocenters. The highest BCUT2D eigenvalue weighted by Gasteiger charge is 2.47. The highest BCUT2D eigenvalue weighted by molar-refractivity contribution is 5.28. The first-order valence-electron chi connectivity index (χ1n) is 14.3. The molecule has 0 aliphatic carbocycles. The molecule has 7 heteroatoms. The lowest BCUT2D eigenvalue weighted by atomic mass is 9.98. The van der Waals surface area contributed by atoms with Crippen LogP contribution in [0.15, 0.2) is 115 Å². The SMILES string of the molecule is OC[C@H]1O[C@@H](OCCc2ccc(OCc3ccccc3)cc2)[C@H](OCc2ccccc2)[C@@H](OCc2ccccc2)[C@@H]1O. The summed E-state index contributed by atoms with van der Waals surface area (Å²) >= 11 is 0. The van der Waals surface area contributed by atoms with Crippen LogP contribution >= 0.6 is 0 Å². The molecule has 1 aliphatic rings. The van der Waals surface area contributed by atoms with Gasteiger partial charge in [-0.1, -0.05) is 103 Å². The van der Waals surface area contributed by atoms with Gasteiger partial charge in [0.1, 0.15) is 36.8 Å². The van der Waals surface area contributed by atoms with E-state index in [9.17, 15) is 10.2 Å². The molecule has 2 N–H and O–H groups in total. The Balaban J connectivity index is 1.22. The zero-order valence-corrected chi connectivity index (χ0v) is 23.5. The summed E-state index contributed by atoms with van der Waals surface area (Å²) in [5.41, 5.74) is 4.14. The van der Waals surface area contributed by atoms with E-state index in [0.29, 0.717) is 26.2 Å². The average molecular weight is 571 g/mol. The number of hydrogen-bond acceptors (Lipinski definition) is 7. The Morgan fingerprint density at radius 1 is 0.571 bits per heavy atom. The Hall–Kier alpha value is -3.56. The van der Waals surface area contributed by atoms with Crippen molar-refractivity contribution >= 4 is 0 Å². The molecule has 0 radical (unpaired) electrons. The Bertz CT molecular complexity index is 1300. The molecule has 0 unspecified atom stereocenters. The molecule has 1 aliphatic heterocycles. The first kappa shape index (κ1) is 29.9. The van der Waals surface area contributed by atoms with Gasteiger partial charge >= 0.3 is 0 Å². The van der Waals surface area contributed by atoms with Crippen LogP contribution in [0.4, 0.5) is 0 Å². The summed E-state index contributed by atoms with van der Waals surface area (Å²) in [7, 11) is 0. The van der Waals surface area contributed by atoms with Crippen molar-refractivity contribution in [3.8, 4) is 5.75 Å². The third kappa shape index (κ3) is 8.49. The van der Waals surface area contributed by atoms with Crippen molar-refractivity contribution in [2.45, 2.75) is 56.9 Å². The van der Waals surface area contributed by atoms with E-state index in [-0.39, 0.29) is 13.2 Å². The van der Waals surface area contributed by atoms with Gasteiger partial charge in [-0.05, 0) is 40.8 Å². The minimum absolute atomic E-state index is 0.275. The minimum Gasteiger partial charge on any atom is -0.489 e. The summed E-state index contributed by atoms with van der Waals surface area (Å²) < 4.78 is 30.6. The van der Waals surface area contributed by atoms with Crippen molar-refractivity contribution in [1.82, 2.24) is 0 Å². The van der Waals surface area contributed by atoms with Crippen molar-refractivity contribution in [1.29, 1.82) is 0 Å². The molecule has 5 rings (SSSR count). The predicted molar refractivity (Wildman–Crippen MR) is 159 cm³/mol. The van der Waals surface area contributed by atoms with Crippen molar-refractivity contribution in [2.24, 2.45) is 0 Å². The Morgan fingerprint density at radius 3 is 1.64 bits per heavy atom. The van der Waals surface area contributed by atoms with Gasteiger partial charge in [-0.25, -0.2) is 0 Å². The first-order chi connectivity index (χ1) is 20.7. The maximum atomic E-state index is 11.1. The summed E-state index contributed by atoms with van der Waals surface area (Å²) in [5, 5.41) is 21.1. The van der Waals surface area contributed by atoms with Crippen LogP contribution in [0.1, 0.15) is 22.3 Å². The quantitative estimate of drug-likeness (QED) is 0.219. The van der Waals surface area contributed by atoms with Gasteiger partial charge in [-0.2, -0.15) is 0 Å². The maximum absolute atomic E-state index is 11.1. The van der Waals surface area contributed by atoms with E-state index in [1.165, 1.54) is 0 Å². The summed E-state index contributed by atoms with van der Waals surface area (Å²) in [5.74, 6) is 0.798. The van der Waals surface area contributed by atoms with Crippen LogP contribution in [0.2, 0.25) is 0 Å². The third-order valence-electron chi connectivity index (χ3n) is 7.21. The van der Waals surface area contributed by atoms with E-state index >= 15 is 0 Å². The van der Waals surface area contributed by atoms with E-state index in [0.717, 1.165) is 28.0 Å². The topological polar surface area (TPSA) is 86.6 Å². The number of hydrogen-bond donors (Lipinski definition) is 2. The van der Waals surface area contributed by atoms with Crippen LogP contribution in [-0.2, 0) is 45.2 Å². The fourth-order valence-corrected chi connectivity index (χ4v) is 4.86. The van der Waals surface area contributed by atoms with Crippen LogP contribution in [0.25, 0.3) is 0 Å². The number of rotatable bonds is 14. The highest BCUT2D eigenvalue weighted by Crippen LogP contribution is 2.29. The molecular formula is C35H38O7. The molecule has 4 aromatic rings. The molecule has 1 saturated heterocycles. The molecule has 0 aromatic heterocycles. The lowest BCUT2D eigenvalue weighted by Gasteiger charge is -2.43. The number of aliphatic hydroxyl groups excluding tert-OH is 2. The van der Waals surface area contributed by atoms with E-state index < -0.39 is 30.7 Å². The minimum atomic E-state index is -1.09. The van der Waals surface area contributed by atoms with Crippen LogP contribution in [0, 0.1) is 0 Å². The maximum Gasteiger partial charge on any atom is 0.186 e. The number of ether oxygens (including phenoxy) is 5. The van der Waals surface area contributed by atoms with Crippen LogP contribution in [-0.4, -0.2) is 54.1 Å². The van der Waals surface area contributed by atoms with Gasteiger partial charge in [0.15, 0.2) is 6.29 Å². The normalized spacial score (nSPS) is 22.1. The van der Waals surface area contributed by atoms with Gasteiger partial charge in [-0.3, -0.25) is 0 Å². The summed E-state index contributed by atoms with van der Waals surface area (Å²) in [6, 6.07) is 37.5. The highest BCUT2D eigenvalue weighted by atomic mass is 16.7. The molecule has 4 aromatic carbocycles. The van der Waals surface area contributed by atoms with Gasteiger partial charge in [-0.15, -0.1) is 0 Å². The van der Waals surface area contributed by atoms with Gasteiger partial charge in [0, 0.05) is 0 Å². The van der Waals surface area contributed by atoms with Crippen LogP contribution in [0.5, 0.6) is 5.75 Å². The lowest BCUT2D eigenvalue weighted by molar-refractivity contribution is -0.319. The molecule has 0 amide bonds. The molecule has 220 valence electrons. The van der Waals surface area contributed by atoms with Crippen LogP contribution < -0.4 is 4.74 Å². The standard InChI is InChI=1S/C35H38O7/c36-22-31-32(37)33(40-24-28-12-6-2-7-13-28)34(41-25-29-14-8-3-9-15-29)35(42-31)38-21-20-26-16-18-30(19-17-26)39-23-27-10-4-1-5-11-27/h1-19,31-37H,20-25H2/t31-,32-,33+,34-,35-/m1/s1. The Morgan fingerprint density at radius 2 is 1.10 bits per heavy atom. The van der Waals surface area contributed by atoms with Gasteiger partial charge in [0.25, 0.3) is 0 Å². The van der Waals surface area contributed by atoms with Crippen molar-refractivity contribution in [3.63, 3.8) is 0 Å². The van der Waals surface area contributed by atoms with Gasteiger partial charge in [0.05, 0.1) is 26.4 Å². The molecule has 0 saturated carbocycles. The summed E-state index contributed by atoms with van der Waals surface area (Å²) in [6.07, 6.45) is -3.67. The van der Waals surface area contributed by atoms with Crippen molar-refractivity contribution in [3.05, 3.63) is 138 Å². The lowest BCUT2D eigenvalue weighted by Crippen LogP contribution is -2.61. The number of aliphatic hydroxyl groups is 2. The van der Waals surface area contributed by atoms with E-state index in [1.54, 1.807) is 0 Å². The zero-order valence-electron chi connectivity index (χ0n) is 23.5. The fourth-order valence-electron chi connectivity index (χ4n) is 4.86. The Labute approximate surface area is 247 Å². The smallest absolute Gasteiger partial charge is 0.186 e. The average Bonchev–Trinajstić information content (AvgIpc) is 3.05. The fraction of sp³-hybridized carbons (Fsp3) is 0.314. The van der Waals surface area contributed by atoms with Crippen LogP contribution in [0.3, 0.4) is 0 Å². The second-order valence-corrected chi connectivity index (χ2v) is 10.3. The molecule has 1 heterocycles. The molecule has 0 bridgehead atoms. The van der Waals surface area contributed by atoms with Crippen molar-refractivity contribution in [2.75, 3.05) is 13.2 Å². The second kappa shape index (κ2) is 15.6. The predicted octanol–water partition coefficient (Wildman–Crippen LogP) is 5.07. The van der Waals surface area contributed by atoms with E-state index in [2.05, 4.69) is 0 Å². The molecule has 7 nitrogen and oxygen atoms in total. The largest absolute Gasteiger partial charge is 0.489 e. The third-order valence-corrected chi connectivity index (χ3v) is 7.21. The van der Waals surface area contributed by atoms with Crippen molar-refractivity contribution < 1.29 is 33.9 Å². The molecular weight excluding hydrogens is 532 g/mol. The Kier molecular flexibility index (Phi) is 11.1. The summed E-state index contributed by atoms with van der Waals surface area (Å²) in [4.78, 5) is 0. The van der Waals surface area contributed by atoms with E-state index in [1.807, 2.05) is 115 Å². The first-order valence-corrected chi connectivity index (χ1v) is 14.3. The number of benzene rings is 4. The van der Waals surface area contributed by atoms with Gasteiger partial charge in [0.2, 0.25) is 0 Å². The second-order valence-electron chi connectivity index (χ2n) is 10.3. The molecule has 1 fully saturated rings. The molecule has 0 spiro atoms. The summed E-state index contributed by atoms with van der Waals surface area (Å²) in [6.45, 7) is 1.05. The zero-order chi connectivity index (χ0) is 29.0. The molecule has 42 heavy (non-hydrogen) atoms. The monoisotopic (exact) mass is 570 g/mol. The van der Waals surface area contributed by atoms with E-state index in [4.69, 9.17) is 23.7 Å².